The molecular formula is C17H12ClF2NO3S2. The predicted octanol–water partition coefficient (Wildman–Crippen LogP) is 4.63. The molecule has 0 spiro atoms. The lowest BCUT2D eigenvalue weighted by atomic mass is 10.2. The van der Waals surface area contributed by atoms with Gasteiger partial charge in [-0.15, -0.1) is 11.3 Å². The first-order valence-electron chi connectivity index (χ1n) is 7.33. The quantitative estimate of drug-likeness (QED) is 0.589. The highest BCUT2D eigenvalue weighted by molar-refractivity contribution is 7.90. The van der Waals surface area contributed by atoms with Crippen LogP contribution in [0, 0.1) is 11.6 Å². The highest BCUT2D eigenvalue weighted by atomic mass is 35.5. The number of nitrogens with zero attached hydrogens (tertiary/aromatic N) is 1. The van der Waals surface area contributed by atoms with Crippen LogP contribution in [0.2, 0.25) is 5.02 Å². The Labute approximate surface area is 158 Å². The summed E-state index contributed by atoms with van der Waals surface area (Å²) in [7, 11) is -3.95. The van der Waals surface area contributed by atoms with Crippen LogP contribution in [0.15, 0.2) is 52.9 Å². The van der Waals surface area contributed by atoms with E-state index in [9.17, 15) is 17.2 Å². The van der Waals surface area contributed by atoms with E-state index in [2.05, 4.69) is 4.98 Å². The molecule has 3 rings (SSSR count). The molecule has 0 radical (unpaired) electrons. The van der Waals surface area contributed by atoms with Gasteiger partial charge in [-0.2, -0.15) is 0 Å². The van der Waals surface area contributed by atoms with Crippen molar-refractivity contribution >= 4 is 32.8 Å². The monoisotopic (exact) mass is 415 g/mol. The third-order valence-electron chi connectivity index (χ3n) is 3.46. The van der Waals surface area contributed by atoms with Gasteiger partial charge in [-0.25, -0.2) is 22.2 Å². The molecule has 0 bridgehead atoms. The number of aromatic nitrogens is 1. The lowest BCUT2D eigenvalue weighted by Gasteiger charge is -2.11. The molecule has 2 aromatic carbocycles. The number of benzene rings is 2. The molecule has 0 aliphatic carbocycles. The zero-order chi connectivity index (χ0) is 18.7. The fraction of sp³-hybridized carbons (Fsp3) is 0.118. The minimum Gasteiger partial charge on any atom is -0.487 e. The molecule has 136 valence electrons. The molecule has 9 heteroatoms. The van der Waals surface area contributed by atoms with Crippen molar-refractivity contribution in [2.75, 3.05) is 0 Å². The lowest BCUT2D eigenvalue weighted by Crippen LogP contribution is -2.08. The summed E-state index contributed by atoms with van der Waals surface area (Å²) >= 11 is 7.19. The van der Waals surface area contributed by atoms with E-state index in [-0.39, 0.29) is 22.9 Å². The van der Waals surface area contributed by atoms with Crippen molar-refractivity contribution in [1.82, 2.24) is 4.98 Å². The second kappa shape index (κ2) is 7.69. The van der Waals surface area contributed by atoms with Gasteiger partial charge in [0.05, 0.1) is 5.02 Å². The van der Waals surface area contributed by atoms with Crippen LogP contribution in [-0.2, 0) is 22.2 Å². The highest BCUT2D eigenvalue weighted by Crippen LogP contribution is 2.32. The smallest absolute Gasteiger partial charge is 0.187 e. The van der Waals surface area contributed by atoms with E-state index in [1.165, 1.54) is 24.4 Å². The molecule has 1 heterocycles. The van der Waals surface area contributed by atoms with Gasteiger partial charge in [0.1, 0.15) is 39.6 Å². The van der Waals surface area contributed by atoms with Crippen molar-refractivity contribution in [2.45, 2.75) is 17.3 Å². The summed E-state index contributed by atoms with van der Waals surface area (Å²) in [6.07, 6.45) is 1.47. The van der Waals surface area contributed by atoms with Crippen LogP contribution in [0.25, 0.3) is 0 Å². The van der Waals surface area contributed by atoms with Crippen molar-refractivity contribution in [2.24, 2.45) is 0 Å². The molecule has 4 nitrogen and oxygen atoms in total. The normalized spacial score (nSPS) is 11.5. The minimum atomic E-state index is -3.95. The first-order valence-corrected chi connectivity index (χ1v) is 10.2. The summed E-state index contributed by atoms with van der Waals surface area (Å²) in [6.45, 7) is -0.170. The predicted molar refractivity (Wildman–Crippen MR) is 95.1 cm³/mol. The molecule has 0 N–H and O–H groups in total. The zero-order valence-corrected chi connectivity index (χ0v) is 15.5. The zero-order valence-electron chi connectivity index (χ0n) is 13.2. The summed E-state index contributed by atoms with van der Waals surface area (Å²) in [4.78, 5) is 3.36. The third-order valence-corrected chi connectivity index (χ3v) is 6.35. The van der Waals surface area contributed by atoms with E-state index >= 15 is 0 Å². The van der Waals surface area contributed by atoms with Gasteiger partial charge in [0, 0.05) is 23.2 Å². The van der Waals surface area contributed by atoms with E-state index < -0.39 is 32.1 Å². The van der Waals surface area contributed by atoms with E-state index in [1.54, 1.807) is 11.4 Å². The molecule has 0 unspecified atom stereocenters. The van der Waals surface area contributed by atoms with E-state index in [1.807, 2.05) is 0 Å². The number of hydrogen-bond acceptors (Lipinski definition) is 5. The number of ether oxygens (including phenoxy) is 1. The Kier molecular flexibility index (Phi) is 5.55. The summed E-state index contributed by atoms with van der Waals surface area (Å²) in [5.41, 5.74) is 0.268. The molecule has 1 aromatic heterocycles. The van der Waals surface area contributed by atoms with Gasteiger partial charge in [0.15, 0.2) is 9.84 Å². The number of sulfone groups is 1. The summed E-state index contributed by atoms with van der Waals surface area (Å²) in [5, 5.41) is 1.90. The van der Waals surface area contributed by atoms with Crippen LogP contribution < -0.4 is 4.74 Å². The van der Waals surface area contributed by atoms with Crippen LogP contribution in [0.1, 0.15) is 10.6 Å². The standard InChI is InChI=1S/C17H12ClF2NO3S2/c18-12-7-16(26(22,23)10-17-21-5-6-25-17)14(20)8-15(12)24-9-11-3-1-2-4-13(11)19/h1-8H,9-10H2. The summed E-state index contributed by atoms with van der Waals surface area (Å²) < 4.78 is 58.1. The minimum absolute atomic E-state index is 0.0689. The van der Waals surface area contributed by atoms with Crippen LogP contribution in [0.3, 0.4) is 0 Å². The molecule has 0 aliphatic rings. The highest BCUT2D eigenvalue weighted by Gasteiger charge is 2.23. The average molecular weight is 416 g/mol. The molecule has 0 fully saturated rings. The van der Waals surface area contributed by atoms with Gasteiger partial charge in [-0.1, -0.05) is 29.8 Å². The van der Waals surface area contributed by atoms with Crippen LogP contribution in [0.4, 0.5) is 8.78 Å². The van der Waals surface area contributed by atoms with Gasteiger partial charge < -0.3 is 4.74 Å². The Morgan fingerprint density at radius 3 is 2.62 bits per heavy atom. The second-order valence-electron chi connectivity index (χ2n) is 5.28. The van der Waals surface area contributed by atoms with Gasteiger partial charge in [0.25, 0.3) is 0 Å². The number of thiazole rings is 1. The third kappa shape index (κ3) is 4.20. The van der Waals surface area contributed by atoms with Crippen molar-refractivity contribution in [1.29, 1.82) is 0 Å². The SMILES string of the molecule is O=S(=O)(Cc1nccs1)c1cc(Cl)c(OCc2ccccc2F)cc1F. The summed E-state index contributed by atoms with van der Waals surface area (Å²) in [6, 6.07) is 7.85. The Balaban J connectivity index is 1.83. The maximum absolute atomic E-state index is 14.4. The molecule has 0 aliphatic heterocycles. The Morgan fingerprint density at radius 2 is 1.92 bits per heavy atom. The number of rotatable bonds is 6. The Morgan fingerprint density at radius 1 is 1.15 bits per heavy atom. The Bertz CT molecular complexity index is 1020. The van der Waals surface area contributed by atoms with E-state index in [0.717, 1.165) is 23.5 Å². The maximum atomic E-state index is 14.4. The van der Waals surface area contributed by atoms with E-state index in [0.29, 0.717) is 5.01 Å². The van der Waals surface area contributed by atoms with Gasteiger partial charge in [-0.05, 0) is 12.1 Å². The largest absolute Gasteiger partial charge is 0.487 e. The van der Waals surface area contributed by atoms with Crippen LogP contribution in [-0.4, -0.2) is 13.4 Å². The van der Waals surface area contributed by atoms with Crippen LogP contribution in [0.5, 0.6) is 5.75 Å². The van der Waals surface area contributed by atoms with Crippen molar-refractivity contribution in [3.05, 3.63) is 75.2 Å². The average Bonchev–Trinajstić information content (AvgIpc) is 3.08. The molecule has 0 saturated carbocycles. The first kappa shape index (κ1) is 18.8. The van der Waals surface area contributed by atoms with Gasteiger partial charge >= 0.3 is 0 Å². The maximum Gasteiger partial charge on any atom is 0.187 e. The molecule has 0 saturated heterocycles. The molecule has 3 aromatic rings. The van der Waals surface area contributed by atoms with E-state index in [4.69, 9.17) is 16.3 Å². The fourth-order valence-electron chi connectivity index (χ4n) is 2.19. The van der Waals surface area contributed by atoms with Crippen molar-refractivity contribution < 1.29 is 21.9 Å². The molecule has 26 heavy (non-hydrogen) atoms. The second-order valence-corrected chi connectivity index (χ2v) is 8.62. The number of hydrogen-bond donors (Lipinski definition) is 0. The molecular weight excluding hydrogens is 404 g/mol. The van der Waals surface area contributed by atoms with Crippen LogP contribution >= 0.6 is 22.9 Å². The lowest BCUT2D eigenvalue weighted by molar-refractivity contribution is 0.298. The molecule has 0 atom stereocenters. The number of halogens is 3. The van der Waals surface area contributed by atoms with Gasteiger partial charge in [0.2, 0.25) is 0 Å². The fourth-order valence-corrected chi connectivity index (χ4v) is 4.82. The topological polar surface area (TPSA) is 56.3 Å². The van der Waals surface area contributed by atoms with Crippen molar-refractivity contribution in [3.8, 4) is 5.75 Å². The first-order chi connectivity index (χ1) is 12.4. The van der Waals surface area contributed by atoms with Gasteiger partial charge in [-0.3, -0.25) is 0 Å². The summed E-state index contributed by atoms with van der Waals surface area (Å²) in [5.74, 6) is -1.95. The molecule has 0 amide bonds. The van der Waals surface area contributed by atoms with Crippen molar-refractivity contribution in [3.63, 3.8) is 0 Å². The Hall–Kier alpha value is -2.03.